The predicted octanol–water partition coefficient (Wildman–Crippen LogP) is 2.07. The van der Waals surface area contributed by atoms with E-state index >= 15 is 0 Å². The summed E-state index contributed by atoms with van der Waals surface area (Å²) < 4.78 is 0. The zero-order valence-corrected chi connectivity index (χ0v) is 11.8. The van der Waals surface area contributed by atoms with Crippen molar-refractivity contribution in [1.29, 1.82) is 0 Å². The number of nitrogens with one attached hydrogen (secondary N) is 1. The van der Waals surface area contributed by atoms with Crippen molar-refractivity contribution in [2.75, 3.05) is 19.0 Å². The Balaban J connectivity index is 2.79. The third-order valence-electron chi connectivity index (χ3n) is 3.22. The van der Waals surface area contributed by atoms with Crippen LogP contribution in [-0.2, 0) is 6.54 Å². The molecule has 1 N–H and O–H groups in total. The van der Waals surface area contributed by atoms with Gasteiger partial charge in [-0.3, -0.25) is 0 Å². The Bertz CT molecular complexity index is 339. The maximum atomic E-state index is 4.41. The molecule has 0 saturated carbocycles. The van der Waals surface area contributed by atoms with E-state index in [0.29, 0.717) is 6.04 Å². The van der Waals surface area contributed by atoms with Gasteiger partial charge >= 0.3 is 0 Å². The first-order chi connectivity index (χ1) is 7.86. The molecule has 0 amide bonds. The van der Waals surface area contributed by atoms with Gasteiger partial charge in [0.25, 0.3) is 0 Å². The van der Waals surface area contributed by atoms with Crippen molar-refractivity contribution >= 4 is 5.95 Å². The van der Waals surface area contributed by atoms with E-state index < -0.39 is 0 Å². The van der Waals surface area contributed by atoms with Crippen LogP contribution in [0.5, 0.6) is 0 Å². The quantitative estimate of drug-likeness (QED) is 0.869. The van der Waals surface area contributed by atoms with Crippen LogP contribution in [0, 0.1) is 5.41 Å². The lowest BCUT2D eigenvalue weighted by Crippen LogP contribution is -2.40. The SMILES string of the molecule is CNCc1cnc(N(C)C(C)C(C)(C)C)nc1. The van der Waals surface area contributed by atoms with E-state index in [-0.39, 0.29) is 5.41 Å². The van der Waals surface area contributed by atoms with Crippen molar-refractivity contribution in [2.24, 2.45) is 5.41 Å². The van der Waals surface area contributed by atoms with Gasteiger partial charge in [0, 0.05) is 37.6 Å². The van der Waals surface area contributed by atoms with Crippen LogP contribution in [0.15, 0.2) is 12.4 Å². The Morgan fingerprint density at radius 1 is 1.29 bits per heavy atom. The third kappa shape index (κ3) is 3.66. The molecule has 96 valence electrons. The Morgan fingerprint density at radius 2 is 1.82 bits per heavy atom. The molecule has 0 aliphatic rings. The van der Waals surface area contributed by atoms with Crippen LogP contribution in [0.25, 0.3) is 0 Å². The van der Waals surface area contributed by atoms with Crippen LogP contribution in [0.4, 0.5) is 5.95 Å². The first-order valence-corrected chi connectivity index (χ1v) is 6.04. The minimum absolute atomic E-state index is 0.210. The van der Waals surface area contributed by atoms with Gasteiger partial charge < -0.3 is 10.2 Å². The number of hydrogen-bond donors (Lipinski definition) is 1. The average Bonchev–Trinajstić information content (AvgIpc) is 2.27. The molecular formula is C13H24N4. The normalized spacial score (nSPS) is 13.5. The van der Waals surface area contributed by atoms with Gasteiger partial charge in [0.2, 0.25) is 5.95 Å². The van der Waals surface area contributed by atoms with E-state index in [1.54, 1.807) is 0 Å². The van der Waals surface area contributed by atoms with Gasteiger partial charge in [0.1, 0.15) is 0 Å². The Hall–Kier alpha value is -1.16. The predicted molar refractivity (Wildman–Crippen MR) is 72.1 cm³/mol. The molecule has 1 aromatic heterocycles. The van der Waals surface area contributed by atoms with Gasteiger partial charge in [0.05, 0.1) is 0 Å². The molecular weight excluding hydrogens is 212 g/mol. The molecule has 4 nitrogen and oxygen atoms in total. The fourth-order valence-electron chi connectivity index (χ4n) is 1.58. The molecule has 1 aromatic rings. The fourth-order valence-corrected chi connectivity index (χ4v) is 1.58. The summed E-state index contributed by atoms with van der Waals surface area (Å²) in [6.07, 6.45) is 3.76. The summed E-state index contributed by atoms with van der Waals surface area (Å²) >= 11 is 0. The van der Waals surface area contributed by atoms with Gasteiger partial charge in [-0.05, 0) is 19.4 Å². The molecule has 1 unspecified atom stereocenters. The second-order valence-corrected chi connectivity index (χ2v) is 5.57. The summed E-state index contributed by atoms with van der Waals surface area (Å²) in [7, 11) is 3.96. The summed E-state index contributed by atoms with van der Waals surface area (Å²) in [4.78, 5) is 10.9. The maximum absolute atomic E-state index is 4.41. The molecule has 0 fully saturated rings. The summed E-state index contributed by atoms with van der Waals surface area (Å²) in [6.45, 7) is 9.68. The topological polar surface area (TPSA) is 41.1 Å². The highest BCUT2D eigenvalue weighted by atomic mass is 15.3. The van der Waals surface area contributed by atoms with Crippen LogP contribution in [0.2, 0.25) is 0 Å². The molecule has 17 heavy (non-hydrogen) atoms. The third-order valence-corrected chi connectivity index (χ3v) is 3.22. The van der Waals surface area contributed by atoms with E-state index in [1.165, 1.54) is 0 Å². The Morgan fingerprint density at radius 3 is 2.24 bits per heavy atom. The van der Waals surface area contributed by atoms with Crippen molar-refractivity contribution in [1.82, 2.24) is 15.3 Å². The van der Waals surface area contributed by atoms with Crippen molar-refractivity contribution < 1.29 is 0 Å². The number of nitrogens with zero attached hydrogens (tertiary/aromatic N) is 3. The molecule has 0 radical (unpaired) electrons. The zero-order valence-electron chi connectivity index (χ0n) is 11.8. The van der Waals surface area contributed by atoms with Crippen LogP contribution >= 0.6 is 0 Å². The molecule has 0 aliphatic carbocycles. The van der Waals surface area contributed by atoms with E-state index in [0.717, 1.165) is 18.1 Å². The standard InChI is InChI=1S/C13H24N4/c1-10(13(2,3)4)17(6)12-15-8-11(7-14-5)9-16-12/h8-10,14H,7H2,1-6H3. The first-order valence-electron chi connectivity index (χ1n) is 6.04. The van der Waals surface area contributed by atoms with Crippen LogP contribution in [0.1, 0.15) is 33.3 Å². The van der Waals surface area contributed by atoms with Crippen LogP contribution < -0.4 is 10.2 Å². The lowest BCUT2D eigenvalue weighted by molar-refractivity contribution is 0.327. The monoisotopic (exact) mass is 236 g/mol. The van der Waals surface area contributed by atoms with Crippen molar-refractivity contribution in [2.45, 2.75) is 40.3 Å². The summed E-state index contributed by atoms with van der Waals surface area (Å²) in [5, 5.41) is 3.09. The molecule has 1 atom stereocenters. The van der Waals surface area contributed by atoms with E-state index in [4.69, 9.17) is 0 Å². The van der Waals surface area contributed by atoms with Gasteiger partial charge in [-0.2, -0.15) is 0 Å². The Labute approximate surface area is 104 Å². The number of anilines is 1. The molecule has 0 aliphatic heterocycles. The van der Waals surface area contributed by atoms with Gasteiger partial charge in [-0.15, -0.1) is 0 Å². The highest BCUT2D eigenvalue weighted by Crippen LogP contribution is 2.25. The highest BCUT2D eigenvalue weighted by Gasteiger charge is 2.25. The molecule has 0 spiro atoms. The van der Waals surface area contributed by atoms with Crippen LogP contribution in [-0.4, -0.2) is 30.1 Å². The highest BCUT2D eigenvalue weighted by molar-refractivity contribution is 5.30. The lowest BCUT2D eigenvalue weighted by atomic mass is 9.87. The van der Waals surface area contributed by atoms with Crippen molar-refractivity contribution in [3.05, 3.63) is 18.0 Å². The van der Waals surface area contributed by atoms with E-state index in [1.807, 2.05) is 26.5 Å². The van der Waals surface area contributed by atoms with E-state index in [2.05, 4.69) is 47.9 Å². The number of rotatable bonds is 4. The minimum Gasteiger partial charge on any atom is -0.341 e. The lowest BCUT2D eigenvalue weighted by Gasteiger charge is -2.35. The number of aromatic nitrogens is 2. The van der Waals surface area contributed by atoms with Gasteiger partial charge in [0.15, 0.2) is 0 Å². The summed E-state index contributed by atoms with van der Waals surface area (Å²) in [5.41, 5.74) is 1.31. The minimum atomic E-state index is 0.210. The first kappa shape index (κ1) is 13.9. The van der Waals surface area contributed by atoms with Crippen molar-refractivity contribution in [3.8, 4) is 0 Å². The summed E-state index contributed by atoms with van der Waals surface area (Å²) in [6, 6.07) is 0.387. The molecule has 0 aromatic carbocycles. The largest absolute Gasteiger partial charge is 0.341 e. The zero-order chi connectivity index (χ0) is 13.1. The van der Waals surface area contributed by atoms with Crippen LogP contribution in [0.3, 0.4) is 0 Å². The molecule has 0 saturated heterocycles. The fraction of sp³-hybridized carbons (Fsp3) is 0.692. The molecule has 4 heteroatoms. The second-order valence-electron chi connectivity index (χ2n) is 5.57. The summed E-state index contributed by atoms with van der Waals surface area (Å²) in [5.74, 6) is 0.785. The maximum Gasteiger partial charge on any atom is 0.225 e. The van der Waals surface area contributed by atoms with Gasteiger partial charge in [-0.1, -0.05) is 20.8 Å². The second kappa shape index (κ2) is 5.45. The van der Waals surface area contributed by atoms with Gasteiger partial charge in [-0.25, -0.2) is 9.97 Å². The molecule has 1 heterocycles. The van der Waals surface area contributed by atoms with E-state index in [9.17, 15) is 0 Å². The molecule has 1 rings (SSSR count). The van der Waals surface area contributed by atoms with Crippen molar-refractivity contribution in [3.63, 3.8) is 0 Å². The average molecular weight is 236 g/mol. The Kier molecular flexibility index (Phi) is 4.46. The number of hydrogen-bond acceptors (Lipinski definition) is 4. The smallest absolute Gasteiger partial charge is 0.225 e. The molecule has 0 bridgehead atoms.